The van der Waals surface area contributed by atoms with Crippen molar-refractivity contribution in [3.05, 3.63) is 59.7 Å². The first-order chi connectivity index (χ1) is 15.7. The molecule has 33 heavy (non-hydrogen) atoms. The van der Waals surface area contributed by atoms with E-state index in [2.05, 4.69) is 10.4 Å². The molecule has 1 unspecified atom stereocenters. The molecule has 1 fully saturated rings. The molecule has 174 valence electrons. The highest BCUT2D eigenvalue weighted by atomic mass is 32.2. The fourth-order valence-electron chi connectivity index (χ4n) is 3.77. The zero-order chi connectivity index (χ0) is 23.6. The number of carbonyl (C=O) groups is 1. The number of benzene rings is 2. The summed E-state index contributed by atoms with van der Waals surface area (Å²) in [6.07, 6.45) is 0.452. The Balaban J connectivity index is 1.54. The zero-order valence-corrected chi connectivity index (χ0v) is 19.7. The van der Waals surface area contributed by atoms with Crippen molar-refractivity contribution in [3.63, 3.8) is 0 Å². The highest BCUT2D eigenvalue weighted by Gasteiger charge is 2.31. The van der Waals surface area contributed by atoms with Gasteiger partial charge >= 0.3 is 0 Å². The minimum absolute atomic E-state index is 0.00124. The van der Waals surface area contributed by atoms with Gasteiger partial charge in [-0.15, -0.1) is 0 Å². The third-order valence-electron chi connectivity index (χ3n) is 5.79. The molecule has 0 bridgehead atoms. The molecule has 4 rings (SSSR count). The third kappa shape index (κ3) is 5.36. The Morgan fingerprint density at radius 2 is 1.82 bits per heavy atom. The summed E-state index contributed by atoms with van der Waals surface area (Å²) < 4.78 is 36.5. The summed E-state index contributed by atoms with van der Waals surface area (Å²) in [6.45, 7) is 3.82. The van der Waals surface area contributed by atoms with Crippen LogP contribution in [0.3, 0.4) is 0 Å². The summed E-state index contributed by atoms with van der Waals surface area (Å²) in [5.74, 6) is 1.53. The molecule has 3 aromatic rings. The molecule has 1 saturated heterocycles. The predicted octanol–water partition coefficient (Wildman–Crippen LogP) is 3.55. The summed E-state index contributed by atoms with van der Waals surface area (Å²) in [4.78, 5) is 12.6. The minimum Gasteiger partial charge on any atom is -0.497 e. The molecule has 1 aromatic heterocycles. The summed E-state index contributed by atoms with van der Waals surface area (Å²) in [5.41, 5.74) is 3.69. The molecule has 1 N–H and O–H groups in total. The van der Waals surface area contributed by atoms with Crippen LogP contribution in [-0.2, 0) is 14.6 Å². The summed E-state index contributed by atoms with van der Waals surface area (Å²) in [5, 5.41) is 7.47. The number of methoxy groups -OCH3 is 1. The van der Waals surface area contributed by atoms with Crippen molar-refractivity contribution in [1.82, 2.24) is 9.78 Å². The van der Waals surface area contributed by atoms with Crippen molar-refractivity contribution in [1.29, 1.82) is 0 Å². The van der Waals surface area contributed by atoms with Crippen molar-refractivity contribution in [2.75, 3.05) is 30.5 Å². The fraction of sp³-hybridized carbons (Fsp3) is 0.333. The quantitative estimate of drug-likeness (QED) is 0.568. The van der Waals surface area contributed by atoms with E-state index < -0.39 is 9.84 Å². The zero-order valence-electron chi connectivity index (χ0n) is 18.9. The van der Waals surface area contributed by atoms with Gasteiger partial charge in [-0.05, 0) is 67.8 Å². The molecule has 8 nitrogen and oxygen atoms in total. The molecule has 2 aromatic carbocycles. The Morgan fingerprint density at radius 1 is 1.09 bits per heavy atom. The number of aromatic nitrogens is 2. The van der Waals surface area contributed by atoms with Crippen molar-refractivity contribution < 1.29 is 22.7 Å². The van der Waals surface area contributed by atoms with Gasteiger partial charge in [-0.1, -0.05) is 6.07 Å². The number of ether oxygens (including phenoxy) is 2. The number of nitrogens with one attached hydrogen (secondary N) is 1. The molecular formula is C24H27N3O5S. The number of hydrogen-bond donors (Lipinski definition) is 1. The SMILES string of the molecule is COc1ccc(-c2cc(NC(=O)COc3ccc(C)c(C)c3)n(C3CCS(=O)(=O)C3)n2)cc1. The number of carbonyl (C=O) groups excluding carboxylic acids is 1. The van der Waals surface area contributed by atoms with Gasteiger partial charge in [-0.3, -0.25) is 4.79 Å². The number of nitrogens with zero attached hydrogens (tertiary/aromatic N) is 2. The van der Waals surface area contributed by atoms with E-state index in [1.54, 1.807) is 17.9 Å². The standard InChI is InChI=1S/C24H27N3O5S/c1-16-4-7-21(12-17(16)2)32-14-24(28)25-23-13-22(18-5-8-20(31-3)9-6-18)26-27(23)19-10-11-33(29,30)15-19/h4-9,12-13,19H,10-11,14-15H2,1-3H3,(H,25,28). The lowest BCUT2D eigenvalue weighted by Gasteiger charge is -2.14. The average molecular weight is 470 g/mol. The van der Waals surface area contributed by atoms with Crippen molar-refractivity contribution in [3.8, 4) is 22.8 Å². The highest BCUT2D eigenvalue weighted by Crippen LogP contribution is 2.31. The van der Waals surface area contributed by atoms with Gasteiger partial charge in [0.05, 0.1) is 30.4 Å². The van der Waals surface area contributed by atoms with Gasteiger partial charge in [0.15, 0.2) is 16.4 Å². The van der Waals surface area contributed by atoms with Crippen molar-refractivity contribution >= 4 is 21.6 Å². The second-order valence-corrected chi connectivity index (χ2v) is 10.5. The Hall–Kier alpha value is -3.33. The Labute approximate surface area is 193 Å². The lowest BCUT2D eigenvalue weighted by molar-refractivity contribution is -0.118. The van der Waals surface area contributed by atoms with Crippen molar-refractivity contribution in [2.24, 2.45) is 0 Å². The van der Waals surface area contributed by atoms with E-state index in [-0.39, 0.29) is 30.1 Å². The van der Waals surface area contributed by atoms with Gasteiger partial charge in [0.2, 0.25) is 0 Å². The molecule has 9 heteroatoms. The molecule has 0 radical (unpaired) electrons. The van der Waals surface area contributed by atoms with E-state index >= 15 is 0 Å². The van der Waals surface area contributed by atoms with Crippen LogP contribution >= 0.6 is 0 Å². The number of aryl methyl sites for hydroxylation is 2. The van der Waals surface area contributed by atoms with Crippen LogP contribution in [-0.4, -0.2) is 49.3 Å². The maximum atomic E-state index is 12.6. The predicted molar refractivity (Wildman–Crippen MR) is 127 cm³/mol. The first-order valence-corrected chi connectivity index (χ1v) is 12.5. The maximum Gasteiger partial charge on any atom is 0.263 e. The average Bonchev–Trinajstić information content (AvgIpc) is 3.37. The molecule has 2 heterocycles. The molecule has 1 aliphatic rings. The van der Waals surface area contributed by atoms with E-state index in [1.807, 2.05) is 56.3 Å². The second kappa shape index (κ2) is 9.27. The largest absolute Gasteiger partial charge is 0.497 e. The molecule has 0 aliphatic carbocycles. The van der Waals surface area contributed by atoms with Crippen LogP contribution < -0.4 is 14.8 Å². The van der Waals surface area contributed by atoms with E-state index in [1.165, 1.54) is 0 Å². The Bertz CT molecular complexity index is 1270. The van der Waals surface area contributed by atoms with E-state index in [0.29, 0.717) is 23.7 Å². The van der Waals surface area contributed by atoms with Gasteiger partial charge in [-0.25, -0.2) is 13.1 Å². The van der Waals surface area contributed by atoms with E-state index in [0.717, 1.165) is 22.4 Å². The van der Waals surface area contributed by atoms with Crippen LogP contribution in [0.15, 0.2) is 48.5 Å². The van der Waals surface area contributed by atoms with Crippen LogP contribution in [0.1, 0.15) is 23.6 Å². The number of hydrogen-bond acceptors (Lipinski definition) is 6. The highest BCUT2D eigenvalue weighted by molar-refractivity contribution is 7.91. The van der Waals surface area contributed by atoms with Gasteiger partial charge in [0.25, 0.3) is 5.91 Å². The Kier molecular flexibility index (Phi) is 6.42. The smallest absolute Gasteiger partial charge is 0.263 e. The number of rotatable bonds is 7. The van der Waals surface area contributed by atoms with Gasteiger partial charge in [0.1, 0.15) is 17.3 Å². The van der Waals surface area contributed by atoms with Gasteiger partial charge in [-0.2, -0.15) is 5.10 Å². The van der Waals surface area contributed by atoms with Crippen LogP contribution in [0, 0.1) is 13.8 Å². The van der Waals surface area contributed by atoms with Crippen molar-refractivity contribution in [2.45, 2.75) is 26.3 Å². The topological polar surface area (TPSA) is 99.5 Å². The van der Waals surface area contributed by atoms with E-state index in [9.17, 15) is 13.2 Å². The summed E-state index contributed by atoms with van der Waals surface area (Å²) in [7, 11) is -1.53. The minimum atomic E-state index is -3.12. The molecule has 0 saturated carbocycles. The van der Waals surface area contributed by atoms with Crippen LogP contribution in [0.25, 0.3) is 11.3 Å². The number of anilines is 1. The van der Waals surface area contributed by atoms with Crippen LogP contribution in [0.2, 0.25) is 0 Å². The normalized spacial score (nSPS) is 17.0. The Morgan fingerprint density at radius 3 is 2.45 bits per heavy atom. The fourth-order valence-corrected chi connectivity index (χ4v) is 5.46. The first-order valence-electron chi connectivity index (χ1n) is 10.7. The molecule has 1 aliphatic heterocycles. The van der Waals surface area contributed by atoms with Crippen LogP contribution in [0.5, 0.6) is 11.5 Å². The van der Waals surface area contributed by atoms with Gasteiger partial charge in [0, 0.05) is 11.6 Å². The first kappa shape index (κ1) is 22.8. The molecule has 1 atom stereocenters. The summed E-state index contributed by atoms with van der Waals surface area (Å²) >= 11 is 0. The second-order valence-electron chi connectivity index (χ2n) is 8.23. The van der Waals surface area contributed by atoms with E-state index in [4.69, 9.17) is 9.47 Å². The lowest BCUT2D eigenvalue weighted by atomic mass is 10.1. The summed E-state index contributed by atoms with van der Waals surface area (Å²) in [6, 6.07) is 14.5. The van der Waals surface area contributed by atoms with Crippen LogP contribution in [0.4, 0.5) is 5.82 Å². The van der Waals surface area contributed by atoms with Gasteiger partial charge < -0.3 is 14.8 Å². The molecule has 1 amide bonds. The molecular weight excluding hydrogens is 442 g/mol. The maximum absolute atomic E-state index is 12.6. The lowest BCUT2D eigenvalue weighted by Crippen LogP contribution is -2.23. The third-order valence-corrected chi connectivity index (χ3v) is 7.54. The number of sulfone groups is 1. The molecule has 0 spiro atoms. The monoisotopic (exact) mass is 469 g/mol. The number of amides is 1.